The van der Waals surface area contributed by atoms with Crippen molar-refractivity contribution >= 4 is 34.7 Å². The lowest BCUT2D eigenvalue weighted by Gasteiger charge is -2.26. The number of rotatable bonds is 6. The van der Waals surface area contributed by atoms with Gasteiger partial charge in [0.1, 0.15) is 0 Å². The third-order valence-electron chi connectivity index (χ3n) is 4.26. The van der Waals surface area contributed by atoms with E-state index in [1.165, 1.54) is 21.9 Å². The van der Waals surface area contributed by atoms with Gasteiger partial charge in [0.25, 0.3) is 0 Å². The Morgan fingerprint density at radius 1 is 1.25 bits per heavy atom. The number of amides is 1. The summed E-state index contributed by atoms with van der Waals surface area (Å²) in [4.78, 5) is 16.0. The summed E-state index contributed by atoms with van der Waals surface area (Å²) in [6.07, 6.45) is 1.35. The van der Waals surface area contributed by atoms with Crippen molar-refractivity contribution in [3.8, 4) is 0 Å². The van der Waals surface area contributed by atoms with Gasteiger partial charge in [0.05, 0.1) is 0 Å². The Morgan fingerprint density at radius 2 is 2.08 bits per heavy atom. The van der Waals surface area contributed by atoms with Crippen LogP contribution in [0.2, 0.25) is 0 Å². The standard InChI is InChI=1S/C19H24N2OS2/c1-15-4-5-16(14-21-8-11-23-12-9-21)13-18(15)20-19(22)7-6-17-3-2-10-24-17/h2-5,10,13H,6-9,11-12,14H2,1H3,(H,20,22). The number of nitrogens with one attached hydrogen (secondary N) is 1. The molecule has 1 aromatic carbocycles. The quantitative estimate of drug-likeness (QED) is 0.839. The zero-order chi connectivity index (χ0) is 16.8. The van der Waals surface area contributed by atoms with Crippen LogP contribution in [0.4, 0.5) is 5.69 Å². The second-order valence-electron chi connectivity index (χ2n) is 6.17. The van der Waals surface area contributed by atoms with E-state index in [1.54, 1.807) is 11.3 Å². The van der Waals surface area contributed by atoms with Gasteiger partial charge >= 0.3 is 0 Å². The van der Waals surface area contributed by atoms with Gasteiger partial charge in [-0.1, -0.05) is 18.2 Å². The maximum Gasteiger partial charge on any atom is 0.224 e. The van der Waals surface area contributed by atoms with Gasteiger partial charge in [0.2, 0.25) is 5.91 Å². The topological polar surface area (TPSA) is 32.3 Å². The van der Waals surface area contributed by atoms with Crippen LogP contribution in [0.3, 0.4) is 0 Å². The third-order valence-corrected chi connectivity index (χ3v) is 6.14. The normalized spacial score (nSPS) is 15.4. The van der Waals surface area contributed by atoms with Gasteiger partial charge < -0.3 is 5.32 Å². The first-order valence-electron chi connectivity index (χ1n) is 8.42. The van der Waals surface area contributed by atoms with Crippen molar-refractivity contribution < 1.29 is 4.79 Å². The molecule has 1 aliphatic heterocycles. The van der Waals surface area contributed by atoms with E-state index >= 15 is 0 Å². The van der Waals surface area contributed by atoms with Crippen LogP contribution in [0.5, 0.6) is 0 Å². The molecule has 3 nitrogen and oxygen atoms in total. The van der Waals surface area contributed by atoms with Crippen LogP contribution in [-0.2, 0) is 17.8 Å². The van der Waals surface area contributed by atoms with Crippen molar-refractivity contribution in [3.05, 3.63) is 51.7 Å². The number of nitrogens with zero attached hydrogens (tertiary/aromatic N) is 1. The predicted molar refractivity (Wildman–Crippen MR) is 105 cm³/mol. The minimum Gasteiger partial charge on any atom is -0.326 e. The molecule has 1 fully saturated rings. The van der Waals surface area contributed by atoms with Gasteiger partial charge in [0, 0.05) is 48.1 Å². The Bertz CT molecular complexity index is 664. The van der Waals surface area contributed by atoms with E-state index in [4.69, 9.17) is 0 Å². The van der Waals surface area contributed by atoms with Gasteiger partial charge in [0.15, 0.2) is 0 Å². The average molecular weight is 361 g/mol. The van der Waals surface area contributed by atoms with E-state index in [2.05, 4.69) is 46.8 Å². The van der Waals surface area contributed by atoms with E-state index in [9.17, 15) is 4.79 Å². The lowest BCUT2D eigenvalue weighted by atomic mass is 10.1. The zero-order valence-electron chi connectivity index (χ0n) is 14.1. The van der Waals surface area contributed by atoms with Crippen molar-refractivity contribution in [2.24, 2.45) is 0 Å². The fourth-order valence-electron chi connectivity index (χ4n) is 2.82. The van der Waals surface area contributed by atoms with Crippen LogP contribution in [0.25, 0.3) is 0 Å². The number of benzene rings is 1. The summed E-state index contributed by atoms with van der Waals surface area (Å²) in [7, 11) is 0. The first-order chi connectivity index (χ1) is 11.7. The Kier molecular flexibility index (Phi) is 6.35. The van der Waals surface area contributed by atoms with Gasteiger partial charge in [-0.3, -0.25) is 9.69 Å². The lowest BCUT2D eigenvalue weighted by molar-refractivity contribution is -0.116. The van der Waals surface area contributed by atoms with Crippen LogP contribution in [0.15, 0.2) is 35.7 Å². The van der Waals surface area contributed by atoms with Crippen LogP contribution < -0.4 is 5.32 Å². The van der Waals surface area contributed by atoms with Gasteiger partial charge in [-0.05, 0) is 42.0 Å². The van der Waals surface area contributed by atoms with Crippen LogP contribution in [-0.4, -0.2) is 35.4 Å². The van der Waals surface area contributed by atoms with E-state index in [0.29, 0.717) is 6.42 Å². The molecule has 3 rings (SSSR count). The number of hydrogen-bond acceptors (Lipinski definition) is 4. The van der Waals surface area contributed by atoms with Crippen molar-refractivity contribution in [1.82, 2.24) is 4.90 Å². The second kappa shape index (κ2) is 8.70. The molecule has 2 aromatic rings. The molecule has 0 aliphatic carbocycles. The maximum atomic E-state index is 12.2. The second-order valence-corrected chi connectivity index (χ2v) is 8.42. The summed E-state index contributed by atoms with van der Waals surface area (Å²) < 4.78 is 0. The number of hydrogen-bond donors (Lipinski definition) is 1. The highest BCUT2D eigenvalue weighted by Crippen LogP contribution is 2.20. The summed E-state index contributed by atoms with van der Waals surface area (Å²) in [5, 5.41) is 5.15. The van der Waals surface area contributed by atoms with Gasteiger partial charge in [-0.15, -0.1) is 11.3 Å². The fraction of sp³-hybridized carbons (Fsp3) is 0.421. The van der Waals surface area contributed by atoms with Gasteiger partial charge in [-0.2, -0.15) is 11.8 Å². The first-order valence-corrected chi connectivity index (χ1v) is 10.5. The van der Waals surface area contributed by atoms with Crippen LogP contribution in [0, 0.1) is 6.92 Å². The number of thiophene rings is 1. The van der Waals surface area contributed by atoms with Crippen LogP contribution >= 0.6 is 23.1 Å². The summed E-state index contributed by atoms with van der Waals surface area (Å²) >= 11 is 3.74. The minimum absolute atomic E-state index is 0.0954. The van der Waals surface area contributed by atoms with Crippen molar-refractivity contribution in [2.45, 2.75) is 26.3 Å². The number of aryl methyl sites for hydroxylation is 2. The predicted octanol–water partition coefficient (Wildman–Crippen LogP) is 4.18. The molecule has 1 aromatic heterocycles. The summed E-state index contributed by atoms with van der Waals surface area (Å²) in [5.74, 6) is 2.54. The summed E-state index contributed by atoms with van der Waals surface area (Å²) in [6, 6.07) is 10.5. The van der Waals surface area contributed by atoms with Crippen molar-refractivity contribution in [1.29, 1.82) is 0 Å². The van der Waals surface area contributed by atoms with Crippen molar-refractivity contribution in [3.63, 3.8) is 0 Å². The van der Waals surface area contributed by atoms with E-state index in [0.717, 1.165) is 37.3 Å². The Balaban J connectivity index is 1.57. The van der Waals surface area contributed by atoms with Gasteiger partial charge in [-0.25, -0.2) is 0 Å². The molecule has 2 heterocycles. The SMILES string of the molecule is Cc1ccc(CN2CCSCC2)cc1NC(=O)CCc1cccs1. The van der Waals surface area contributed by atoms with E-state index in [-0.39, 0.29) is 5.91 Å². The minimum atomic E-state index is 0.0954. The molecule has 24 heavy (non-hydrogen) atoms. The monoisotopic (exact) mass is 360 g/mol. The van der Waals surface area contributed by atoms with Crippen LogP contribution in [0.1, 0.15) is 22.4 Å². The number of anilines is 1. The first kappa shape index (κ1) is 17.5. The molecule has 1 aliphatic rings. The smallest absolute Gasteiger partial charge is 0.224 e. The molecule has 1 amide bonds. The molecular weight excluding hydrogens is 336 g/mol. The third kappa shape index (κ3) is 5.10. The summed E-state index contributed by atoms with van der Waals surface area (Å²) in [6.45, 7) is 5.33. The van der Waals surface area contributed by atoms with E-state index < -0.39 is 0 Å². The number of carbonyl (C=O) groups is 1. The molecule has 0 saturated carbocycles. The summed E-state index contributed by atoms with van der Waals surface area (Å²) in [5.41, 5.74) is 3.36. The molecule has 0 bridgehead atoms. The molecule has 5 heteroatoms. The Hall–Kier alpha value is -1.30. The average Bonchev–Trinajstić information content (AvgIpc) is 3.11. The fourth-order valence-corrected chi connectivity index (χ4v) is 4.51. The molecule has 0 spiro atoms. The molecule has 128 valence electrons. The number of thioether (sulfide) groups is 1. The Morgan fingerprint density at radius 3 is 2.83 bits per heavy atom. The lowest BCUT2D eigenvalue weighted by Crippen LogP contribution is -2.32. The molecular formula is C19H24N2OS2. The maximum absolute atomic E-state index is 12.2. The van der Waals surface area contributed by atoms with Crippen molar-refractivity contribution in [2.75, 3.05) is 29.9 Å². The highest BCUT2D eigenvalue weighted by atomic mass is 32.2. The van der Waals surface area contributed by atoms with E-state index in [1.807, 2.05) is 17.8 Å². The molecule has 1 saturated heterocycles. The number of carbonyl (C=O) groups excluding carboxylic acids is 1. The molecule has 1 N–H and O–H groups in total. The zero-order valence-corrected chi connectivity index (χ0v) is 15.7. The highest BCUT2D eigenvalue weighted by Gasteiger charge is 2.12. The molecule has 0 radical (unpaired) electrons. The highest BCUT2D eigenvalue weighted by molar-refractivity contribution is 7.99. The Labute approximate surface area is 152 Å². The molecule has 0 unspecified atom stereocenters. The largest absolute Gasteiger partial charge is 0.326 e. The molecule has 0 atom stereocenters.